The molecule has 1 unspecified atom stereocenters. The van der Waals surface area contributed by atoms with E-state index in [-0.39, 0.29) is 5.91 Å². The topological polar surface area (TPSA) is 72.9 Å². The Balaban J connectivity index is 2.74. The van der Waals surface area contributed by atoms with Gasteiger partial charge in [0.05, 0.1) is 12.7 Å². The predicted octanol–water partition coefficient (Wildman–Crippen LogP) is 0.435. The van der Waals surface area contributed by atoms with Crippen LogP contribution in [0.25, 0.3) is 0 Å². The first-order chi connectivity index (χ1) is 7.48. The molecule has 0 spiro atoms. The summed E-state index contributed by atoms with van der Waals surface area (Å²) < 4.78 is 1.74. The van der Waals surface area contributed by atoms with E-state index in [9.17, 15) is 4.79 Å². The lowest BCUT2D eigenvalue weighted by Crippen LogP contribution is -2.56. The summed E-state index contributed by atoms with van der Waals surface area (Å²) in [5.41, 5.74) is 5.75. The highest BCUT2D eigenvalue weighted by Crippen LogP contribution is 2.07. The number of nitrogens with two attached hydrogens (primary N) is 1. The third kappa shape index (κ3) is 3.06. The zero-order valence-electron chi connectivity index (χ0n) is 10.2. The predicted molar refractivity (Wildman–Crippen MR) is 62.9 cm³/mol. The van der Waals surface area contributed by atoms with Gasteiger partial charge in [0, 0.05) is 6.20 Å². The molecule has 1 amide bonds. The summed E-state index contributed by atoms with van der Waals surface area (Å²) in [6, 6.07) is 0. The summed E-state index contributed by atoms with van der Waals surface area (Å²) in [5, 5.41) is 7.33. The van der Waals surface area contributed by atoms with E-state index >= 15 is 0 Å². The number of carbonyl (C=O) groups excluding carboxylic acids is 1. The summed E-state index contributed by atoms with van der Waals surface area (Å²) in [6.45, 7) is 7.04. The molecule has 1 aromatic heterocycles. The molecule has 5 nitrogen and oxygen atoms in total. The van der Waals surface area contributed by atoms with Crippen LogP contribution in [0.4, 0.5) is 0 Å². The van der Waals surface area contributed by atoms with Gasteiger partial charge in [-0.2, -0.15) is 5.10 Å². The second-order valence-electron chi connectivity index (χ2n) is 4.34. The Hall–Kier alpha value is -1.36. The monoisotopic (exact) mass is 224 g/mol. The van der Waals surface area contributed by atoms with E-state index in [1.807, 2.05) is 27.0 Å². The van der Waals surface area contributed by atoms with Crippen molar-refractivity contribution in [2.24, 2.45) is 5.73 Å². The molecule has 0 saturated heterocycles. The standard InChI is InChI=1S/C11H20N4O/c1-4-5-13-11(3,10(12)16)8-15-7-9(2)6-14-15/h6-7,13H,4-5,8H2,1-3H3,(H2,12,16). The maximum atomic E-state index is 11.5. The molecular weight excluding hydrogens is 204 g/mol. The van der Waals surface area contributed by atoms with Gasteiger partial charge in [-0.3, -0.25) is 9.48 Å². The molecule has 1 aromatic rings. The van der Waals surface area contributed by atoms with Crippen LogP contribution in [0.5, 0.6) is 0 Å². The lowest BCUT2D eigenvalue weighted by molar-refractivity contribution is -0.124. The quantitative estimate of drug-likeness (QED) is 0.736. The Morgan fingerprint density at radius 3 is 2.81 bits per heavy atom. The first-order valence-corrected chi connectivity index (χ1v) is 5.52. The maximum Gasteiger partial charge on any atom is 0.239 e. The molecule has 0 aliphatic rings. The van der Waals surface area contributed by atoms with Gasteiger partial charge in [-0.25, -0.2) is 0 Å². The lowest BCUT2D eigenvalue weighted by atomic mass is 10.0. The third-order valence-corrected chi connectivity index (χ3v) is 2.55. The van der Waals surface area contributed by atoms with Crippen molar-refractivity contribution >= 4 is 5.91 Å². The molecule has 0 aromatic carbocycles. The molecule has 0 bridgehead atoms. The van der Waals surface area contributed by atoms with E-state index in [1.54, 1.807) is 10.9 Å². The average Bonchev–Trinajstić information content (AvgIpc) is 2.60. The second kappa shape index (κ2) is 5.12. The third-order valence-electron chi connectivity index (χ3n) is 2.55. The summed E-state index contributed by atoms with van der Waals surface area (Å²) in [4.78, 5) is 11.5. The fourth-order valence-corrected chi connectivity index (χ4v) is 1.50. The molecule has 1 heterocycles. The highest BCUT2D eigenvalue weighted by molar-refractivity contribution is 5.84. The van der Waals surface area contributed by atoms with E-state index in [2.05, 4.69) is 10.4 Å². The Bertz CT molecular complexity index is 361. The Morgan fingerprint density at radius 1 is 1.69 bits per heavy atom. The molecule has 0 aliphatic carbocycles. The molecule has 1 atom stereocenters. The van der Waals surface area contributed by atoms with Crippen molar-refractivity contribution in [1.82, 2.24) is 15.1 Å². The van der Waals surface area contributed by atoms with Crippen LogP contribution in [-0.4, -0.2) is 27.8 Å². The lowest BCUT2D eigenvalue weighted by Gasteiger charge is -2.27. The number of carbonyl (C=O) groups is 1. The van der Waals surface area contributed by atoms with Crippen LogP contribution >= 0.6 is 0 Å². The molecule has 90 valence electrons. The van der Waals surface area contributed by atoms with Crippen LogP contribution in [0.3, 0.4) is 0 Å². The number of nitrogens with zero attached hydrogens (tertiary/aromatic N) is 2. The molecule has 1 rings (SSSR count). The summed E-state index contributed by atoms with van der Waals surface area (Å²) in [7, 11) is 0. The minimum absolute atomic E-state index is 0.353. The SMILES string of the molecule is CCCNC(C)(Cn1cc(C)cn1)C(N)=O. The summed E-state index contributed by atoms with van der Waals surface area (Å²) in [5.74, 6) is -0.353. The number of hydrogen-bond acceptors (Lipinski definition) is 3. The van der Waals surface area contributed by atoms with Crippen LogP contribution in [0, 0.1) is 6.92 Å². The van der Waals surface area contributed by atoms with Crippen molar-refractivity contribution in [3.63, 3.8) is 0 Å². The minimum atomic E-state index is -0.742. The first-order valence-electron chi connectivity index (χ1n) is 5.52. The smallest absolute Gasteiger partial charge is 0.239 e. The Kier molecular flexibility index (Phi) is 4.06. The van der Waals surface area contributed by atoms with Crippen LogP contribution in [0.1, 0.15) is 25.8 Å². The number of aromatic nitrogens is 2. The molecule has 0 radical (unpaired) electrons. The van der Waals surface area contributed by atoms with Crippen LogP contribution in [0.2, 0.25) is 0 Å². The number of nitrogens with one attached hydrogen (secondary N) is 1. The van der Waals surface area contributed by atoms with Crippen molar-refractivity contribution in [3.05, 3.63) is 18.0 Å². The van der Waals surface area contributed by atoms with Crippen molar-refractivity contribution in [2.45, 2.75) is 39.3 Å². The van der Waals surface area contributed by atoms with Gasteiger partial charge < -0.3 is 11.1 Å². The van der Waals surface area contributed by atoms with Crippen molar-refractivity contribution < 1.29 is 4.79 Å². The van der Waals surface area contributed by atoms with Crippen molar-refractivity contribution in [3.8, 4) is 0 Å². The molecule has 0 aliphatic heterocycles. The Labute approximate surface area is 96.0 Å². The van der Waals surface area contributed by atoms with Gasteiger partial charge in [0.15, 0.2) is 0 Å². The molecule has 3 N–H and O–H groups in total. The molecule has 0 fully saturated rings. The van der Waals surface area contributed by atoms with Crippen LogP contribution in [0.15, 0.2) is 12.4 Å². The average molecular weight is 224 g/mol. The molecule has 0 saturated carbocycles. The molecular formula is C11H20N4O. The number of rotatable bonds is 6. The van der Waals surface area contributed by atoms with E-state index in [4.69, 9.17) is 5.73 Å². The second-order valence-corrected chi connectivity index (χ2v) is 4.34. The van der Waals surface area contributed by atoms with Gasteiger partial charge in [-0.05, 0) is 32.4 Å². The van der Waals surface area contributed by atoms with Gasteiger partial charge in [0.1, 0.15) is 5.54 Å². The molecule has 5 heteroatoms. The summed E-state index contributed by atoms with van der Waals surface area (Å²) >= 11 is 0. The zero-order valence-corrected chi connectivity index (χ0v) is 10.2. The largest absolute Gasteiger partial charge is 0.368 e. The minimum Gasteiger partial charge on any atom is -0.368 e. The van der Waals surface area contributed by atoms with Gasteiger partial charge in [0.2, 0.25) is 5.91 Å². The number of primary amides is 1. The summed E-state index contributed by atoms with van der Waals surface area (Å²) in [6.07, 6.45) is 4.62. The maximum absolute atomic E-state index is 11.5. The van der Waals surface area contributed by atoms with Crippen molar-refractivity contribution in [1.29, 1.82) is 0 Å². The zero-order chi connectivity index (χ0) is 12.2. The Morgan fingerprint density at radius 2 is 2.38 bits per heavy atom. The van der Waals surface area contributed by atoms with Gasteiger partial charge in [0.25, 0.3) is 0 Å². The normalized spacial score (nSPS) is 14.7. The number of hydrogen-bond donors (Lipinski definition) is 2. The fourth-order valence-electron chi connectivity index (χ4n) is 1.50. The van der Waals surface area contributed by atoms with Gasteiger partial charge in [-0.1, -0.05) is 6.92 Å². The highest BCUT2D eigenvalue weighted by atomic mass is 16.1. The number of amides is 1. The van der Waals surface area contributed by atoms with Crippen LogP contribution in [-0.2, 0) is 11.3 Å². The van der Waals surface area contributed by atoms with Gasteiger partial charge >= 0.3 is 0 Å². The molecule has 16 heavy (non-hydrogen) atoms. The van der Waals surface area contributed by atoms with E-state index in [0.29, 0.717) is 6.54 Å². The van der Waals surface area contributed by atoms with E-state index in [1.165, 1.54) is 0 Å². The first kappa shape index (κ1) is 12.7. The van der Waals surface area contributed by atoms with Gasteiger partial charge in [-0.15, -0.1) is 0 Å². The van der Waals surface area contributed by atoms with Crippen molar-refractivity contribution in [2.75, 3.05) is 6.54 Å². The number of aryl methyl sites for hydroxylation is 1. The highest BCUT2D eigenvalue weighted by Gasteiger charge is 2.30. The van der Waals surface area contributed by atoms with E-state index < -0.39 is 5.54 Å². The fraction of sp³-hybridized carbons (Fsp3) is 0.636. The van der Waals surface area contributed by atoms with Crippen LogP contribution < -0.4 is 11.1 Å². The van der Waals surface area contributed by atoms with E-state index in [0.717, 1.165) is 18.5 Å².